The van der Waals surface area contributed by atoms with Gasteiger partial charge in [-0.1, -0.05) is 152 Å². The molecule has 17 rings (SSSR count). The van der Waals surface area contributed by atoms with Crippen molar-refractivity contribution in [3.63, 3.8) is 0 Å². The van der Waals surface area contributed by atoms with Crippen LogP contribution in [0.2, 0.25) is 0 Å². The van der Waals surface area contributed by atoms with Crippen molar-refractivity contribution >= 4 is 104 Å². The Bertz CT molecular complexity index is 5010. The average molecular weight is 1050 g/mol. The van der Waals surface area contributed by atoms with E-state index in [1.165, 1.54) is 43.7 Å². The Morgan fingerprint density at radius 3 is 1.29 bits per heavy atom. The highest BCUT2D eigenvalue weighted by atomic mass is 16.5. The highest BCUT2D eigenvalue weighted by Gasteiger charge is 2.27. The van der Waals surface area contributed by atoms with Crippen molar-refractivity contribution < 1.29 is 4.74 Å². The molecule has 388 valence electrons. The van der Waals surface area contributed by atoms with Crippen LogP contribution in [0.15, 0.2) is 261 Å². The molecule has 0 saturated heterocycles. The molecule has 0 atom stereocenters. The highest BCUT2D eigenvalue weighted by Crippen LogP contribution is 2.47. The van der Waals surface area contributed by atoms with Crippen molar-refractivity contribution in [3.8, 4) is 45.5 Å². The Balaban J connectivity index is 0.907. The van der Waals surface area contributed by atoms with Crippen molar-refractivity contribution in [1.82, 2.24) is 23.3 Å². The zero-order chi connectivity index (χ0) is 54.2. The lowest BCUT2D eigenvalue weighted by Crippen LogP contribution is -2.23. The molecule has 0 amide bonds. The van der Waals surface area contributed by atoms with Crippen molar-refractivity contribution in [2.45, 2.75) is 6.92 Å². The minimum absolute atomic E-state index is 0.716. The van der Waals surface area contributed by atoms with Gasteiger partial charge >= 0.3 is 0 Å². The maximum atomic E-state index is 7.18. The third-order valence-electron chi connectivity index (χ3n) is 17.1. The van der Waals surface area contributed by atoms with Crippen LogP contribution in [0.25, 0.3) is 121 Å². The number of aromatic nitrogens is 5. The number of fused-ring (bicyclic) bond motifs is 13. The Labute approximate surface area is 472 Å². The number of ether oxygens (including phenoxy) is 1. The molecule has 16 aromatic rings. The highest BCUT2D eigenvalue weighted by molar-refractivity contribution is 6.17. The van der Waals surface area contributed by atoms with Gasteiger partial charge in [0.25, 0.3) is 0 Å². The van der Waals surface area contributed by atoms with Crippen LogP contribution < -0.4 is 14.5 Å². The van der Waals surface area contributed by atoms with Gasteiger partial charge in [-0.05, 0) is 97.4 Å². The molecule has 0 N–H and O–H groups in total. The number of nitrogens with zero attached hydrogens (tertiary/aromatic N) is 7. The number of hydrogen-bond acceptors (Lipinski definition) is 4. The lowest BCUT2D eigenvalue weighted by Gasteiger charge is -2.21. The quantitative estimate of drug-likeness (QED) is 0.152. The molecule has 0 aliphatic carbocycles. The molecule has 0 unspecified atom stereocenters. The summed E-state index contributed by atoms with van der Waals surface area (Å²) in [5, 5.41) is 9.46. The molecule has 11 aromatic carbocycles. The SMILES string of the molecule is Cc1cc(-n2c3ccccc3c3c(-n4c5ccccc5c5ccccc54)cc(Oc4cccc(N5CN(C)c6ccccc65)c4)cc32)ncc1-c1c(-n2c3ccccc3c3ccccc32)cccc1-n1c2ccccc2c2ccccc21. The van der Waals surface area contributed by atoms with Crippen molar-refractivity contribution in [1.29, 1.82) is 0 Å². The molecule has 0 fully saturated rings. The maximum absolute atomic E-state index is 7.18. The topological polar surface area (TPSA) is 48.3 Å². The third-order valence-corrected chi connectivity index (χ3v) is 17.1. The molecule has 5 aromatic heterocycles. The van der Waals surface area contributed by atoms with Crippen molar-refractivity contribution in [2.75, 3.05) is 23.5 Å². The monoisotopic (exact) mass is 1050 g/mol. The summed E-state index contributed by atoms with van der Waals surface area (Å²) in [7, 11) is 2.14. The third kappa shape index (κ3) is 6.75. The van der Waals surface area contributed by atoms with E-state index in [-0.39, 0.29) is 0 Å². The van der Waals surface area contributed by atoms with Gasteiger partial charge in [0.1, 0.15) is 17.3 Å². The molecule has 0 saturated carbocycles. The van der Waals surface area contributed by atoms with E-state index in [2.05, 4.69) is 303 Å². The van der Waals surface area contributed by atoms with E-state index in [1.807, 2.05) is 0 Å². The first-order valence-electron chi connectivity index (χ1n) is 28.0. The van der Waals surface area contributed by atoms with Crippen LogP contribution in [-0.2, 0) is 0 Å². The number of rotatable bonds is 8. The fraction of sp³-hybridized carbons (Fsp3) is 0.0405. The van der Waals surface area contributed by atoms with E-state index in [0.717, 1.165) is 113 Å². The number of hydrogen-bond donors (Lipinski definition) is 0. The maximum Gasteiger partial charge on any atom is 0.137 e. The predicted octanol–water partition coefficient (Wildman–Crippen LogP) is 18.8. The zero-order valence-electron chi connectivity index (χ0n) is 45.1. The predicted molar refractivity (Wildman–Crippen MR) is 340 cm³/mol. The summed E-state index contributed by atoms with van der Waals surface area (Å²) in [4.78, 5) is 10.3. The first-order chi connectivity index (χ1) is 40.5. The molecular weight excluding hydrogens is 1000 g/mol. The van der Waals surface area contributed by atoms with Gasteiger partial charge in [0.05, 0.1) is 79.2 Å². The van der Waals surface area contributed by atoms with Crippen LogP contribution in [0.1, 0.15) is 5.56 Å². The minimum atomic E-state index is 0.716. The summed E-state index contributed by atoms with van der Waals surface area (Å²) >= 11 is 0. The lowest BCUT2D eigenvalue weighted by atomic mass is 9.98. The first-order valence-corrected chi connectivity index (χ1v) is 28.0. The fourth-order valence-electron chi connectivity index (χ4n) is 13.6. The van der Waals surface area contributed by atoms with E-state index in [4.69, 9.17) is 9.72 Å². The number of pyridine rings is 1. The largest absolute Gasteiger partial charge is 0.457 e. The molecule has 1 aliphatic heterocycles. The summed E-state index contributed by atoms with van der Waals surface area (Å²) in [5.74, 6) is 2.28. The fourth-order valence-corrected chi connectivity index (χ4v) is 13.6. The molecule has 1 aliphatic rings. The molecule has 6 heterocycles. The number of aryl methyl sites for hydroxylation is 1. The van der Waals surface area contributed by atoms with Gasteiger partial charge in [0.15, 0.2) is 0 Å². The number of para-hydroxylation sites is 9. The molecule has 0 radical (unpaired) electrons. The van der Waals surface area contributed by atoms with Crippen LogP contribution in [-0.4, -0.2) is 37.0 Å². The standard InChI is InChI=1S/C74H51N7O/c1-47-41-72(75-45-58(47)74-68(78-59-30-10-3-23-51(59)52-24-4-11-31-60(52)78)39-20-40-69(74)79-61-32-12-5-25-53(61)54-26-6-13-33-62(54)79)81-65-36-16-9-29-57(65)73-70(80-63-34-14-7-27-55(63)56-28-8-15-35-64(56)80)43-50(44-71(73)81)82-49-22-19-21-48(42-49)77-46-76(2)66-37-17-18-38-67(66)77/h3-45H,46H2,1-2H3. The summed E-state index contributed by atoms with van der Waals surface area (Å²) in [6.45, 7) is 2.99. The molecule has 82 heavy (non-hydrogen) atoms. The molecular formula is C74H51N7O. The van der Waals surface area contributed by atoms with E-state index in [0.29, 0.717) is 5.75 Å². The second kappa shape index (κ2) is 17.8. The minimum Gasteiger partial charge on any atom is -0.457 e. The Hall–Kier alpha value is -10.8. The zero-order valence-corrected chi connectivity index (χ0v) is 45.1. The molecule has 8 nitrogen and oxygen atoms in total. The molecule has 0 bridgehead atoms. The van der Waals surface area contributed by atoms with Gasteiger partial charge < -0.3 is 28.2 Å². The normalized spacial score (nSPS) is 12.7. The summed E-state index contributed by atoms with van der Waals surface area (Å²) in [5.41, 5.74) is 18.7. The Morgan fingerprint density at radius 1 is 0.354 bits per heavy atom. The smallest absolute Gasteiger partial charge is 0.137 e. The summed E-state index contributed by atoms with van der Waals surface area (Å²) < 4.78 is 16.8. The Kier molecular flexibility index (Phi) is 10.0. The van der Waals surface area contributed by atoms with E-state index in [1.54, 1.807) is 0 Å². The van der Waals surface area contributed by atoms with Gasteiger partial charge in [-0.3, -0.25) is 4.57 Å². The second-order valence-electron chi connectivity index (χ2n) is 21.7. The summed E-state index contributed by atoms with van der Waals surface area (Å²) in [6, 6.07) is 91.9. The van der Waals surface area contributed by atoms with E-state index >= 15 is 0 Å². The summed E-state index contributed by atoms with van der Waals surface area (Å²) in [6.07, 6.45) is 2.11. The van der Waals surface area contributed by atoms with Crippen molar-refractivity contribution in [3.05, 3.63) is 267 Å². The van der Waals surface area contributed by atoms with Crippen molar-refractivity contribution in [2.24, 2.45) is 0 Å². The van der Waals surface area contributed by atoms with Crippen LogP contribution in [0, 0.1) is 6.92 Å². The lowest BCUT2D eigenvalue weighted by molar-refractivity contribution is 0.483. The Morgan fingerprint density at radius 2 is 0.780 bits per heavy atom. The van der Waals surface area contributed by atoms with Crippen LogP contribution >= 0.6 is 0 Å². The van der Waals surface area contributed by atoms with E-state index < -0.39 is 0 Å². The van der Waals surface area contributed by atoms with Gasteiger partial charge in [0, 0.05) is 91.3 Å². The van der Waals surface area contributed by atoms with Crippen LogP contribution in [0.3, 0.4) is 0 Å². The van der Waals surface area contributed by atoms with Gasteiger partial charge in [-0.2, -0.15) is 0 Å². The average Bonchev–Trinajstić information content (AvgIpc) is 3.26. The molecule has 0 spiro atoms. The van der Waals surface area contributed by atoms with Crippen LogP contribution in [0.4, 0.5) is 17.1 Å². The van der Waals surface area contributed by atoms with Crippen LogP contribution in [0.5, 0.6) is 11.5 Å². The van der Waals surface area contributed by atoms with E-state index in [9.17, 15) is 0 Å². The number of anilines is 3. The van der Waals surface area contributed by atoms with Gasteiger partial charge in [-0.25, -0.2) is 4.98 Å². The van der Waals surface area contributed by atoms with Gasteiger partial charge in [0.2, 0.25) is 0 Å². The first kappa shape index (κ1) is 46.1. The second-order valence-corrected chi connectivity index (χ2v) is 21.7. The number of benzene rings is 11. The molecule has 8 heteroatoms. The van der Waals surface area contributed by atoms with Gasteiger partial charge in [-0.15, -0.1) is 0 Å².